The summed E-state index contributed by atoms with van der Waals surface area (Å²) in [6.07, 6.45) is 11.0. The standard InChI is InChI=1S/C26H26N2O2.C19H19NO3.C6H8N2/c1-3-25(30)28-14-12-22-16-23(15-18(2)26(22)28)20-7-9-21(10-8-20)24(29)11-6-19-5-4-13-27-17-19;1-3-17(21)20-9-8-15-11-16(10-12(2)18(15)20)13-4-6-14(7-5-13)19(22)23;7-4-6-2-1-3-8-5-6/h4-5,7-10,13,15-17H,3,6,11-12,14H2,1-2H3;4-7,10-11H,3,8-9H2,1-2H3,(H,22,23);1-3,5H,4,7H2. The number of fused-ring (bicyclic) bond motifs is 2. The summed E-state index contributed by atoms with van der Waals surface area (Å²) in [5.74, 6) is -0.441. The summed E-state index contributed by atoms with van der Waals surface area (Å²) >= 11 is 0. The average molecular weight is 816 g/mol. The number of hydrogen-bond donors (Lipinski definition) is 2. The maximum absolute atomic E-state index is 12.5. The van der Waals surface area contributed by atoms with Crippen molar-refractivity contribution in [2.24, 2.45) is 5.73 Å². The summed E-state index contributed by atoms with van der Waals surface area (Å²) in [6, 6.07) is 31.0. The van der Waals surface area contributed by atoms with Crippen molar-refractivity contribution < 1.29 is 24.3 Å². The van der Waals surface area contributed by atoms with Crippen LogP contribution in [0.25, 0.3) is 22.3 Å². The lowest BCUT2D eigenvalue weighted by atomic mass is 9.96. The van der Waals surface area contributed by atoms with Crippen molar-refractivity contribution in [3.63, 3.8) is 0 Å². The molecule has 2 aliphatic rings. The Kier molecular flexibility index (Phi) is 14.7. The van der Waals surface area contributed by atoms with Crippen LogP contribution in [0.3, 0.4) is 0 Å². The van der Waals surface area contributed by atoms with Gasteiger partial charge in [-0.05, 0) is 137 Å². The van der Waals surface area contributed by atoms with Crippen LogP contribution in [0.15, 0.2) is 122 Å². The maximum atomic E-state index is 12.5. The van der Waals surface area contributed by atoms with E-state index in [4.69, 9.17) is 10.8 Å². The number of amides is 2. The molecule has 4 heterocycles. The third kappa shape index (κ3) is 10.7. The first-order valence-electron chi connectivity index (χ1n) is 20.8. The Balaban J connectivity index is 0.000000177. The number of benzene rings is 4. The van der Waals surface area contributed by atoms with Crippen LogP contribution < -0.4 is 15.5 Å². The van der Waals surface area contributed by atoms with E-state index in [0.717, 1.165) is 87.4 Å². The van der Waals surface area contributed by atoms with Crippen molar-refractivity contribution in [1.29, 1.82) is 0 Å². The molecular weight excluding hydrogens is 763 g/mol. The number of pyridine rings is 2. The van der Waals surface area contributed by atoms with Gasteiger partial charge in [0.25, 0.3) is 0 Å². The van der Waals surface area contributed by atoms with Crippen molar-refractivity contribution in [3.8, 4) is 22.3 Å². The number of nitrogens with two attached hydrogens (primary N) is 1. The monoisotopic (exact) mass is 815 g/mol. The van der Waals surface area contributed by atoms with Gasteiger partial charge in [0, 0.05) is 80.6 Å². The Morgan fingerprint density at radius 1 is 0.623 bits per heavy atom. The number of anilines is 2. The molecule has 0 unspecified atom stereocenters. The minimum atomic E-state index is -0.921. The van der Waals surface area contributed by atoms with Crippen LogP contribution in [0.5, 0.6) is 0 Å². The molecule has 8 rings (SSSR count). The zero-order valence-electron chi connectivity index (χ0n) is 35.4. The molecule has 2 aromatic heterocycles. The molecule has 6 aromatic rings. The second-order valence-corrected chi connectivity index (χ2v) is 15.2. The molecule has 0 spiro atoms. The largest absolute Gasteiger partial charge is 0.478 e. The zero-order valence-corrected chi connectivity index (χ0v) is 35.4. The first-order chi connectivity index (χ1) is 29.5. The van der Waals surface area contributed by atoms with E-state index in [1.807, 2.05) is 97.4 Å². The number of aryl methyl sites for hydroxylation is 3. The van der Waals surface area contributed by atoms with Crippen molar-refractivity contribution in [1.82, 2.24) is 9.97 Å². The molecule has 4 aromatic carbocycles. The highest BCUT2D eigenvalue weighted by atomic mass is 16.4. The summed E-state index contributed by atoms with van der Waals surface area (Å²) in [6.45, 7) is 9.96. The molecule has 2 amide bonds. The number of carbonyl (C=O) groups excluding carboxylic acids is 3. The molecule has 312 valence electrons. The minimum Gasteiger partial charge on any atom is -0.478 e. The SMILES string of the molecule is CCC(=O)N1CCc2cc(-c3ccc(C(=O)CCc4cccnc4)cc3)cc(C)c21.CCC(=O)N1CCc2cc(-c3ccc(C(=O)O)cc3)cc(C)c21.NCc1cccnc1. The lowest BCUT2D eigenvalue weighted by molar-refractivity contribution is -0.119. The van der Waals surface area contributed by atoms with E-state index in [1.54, 1.807) is 30.7 Å². The Hall–Kier alpha value is -6.78. The van der Waals surface area contributed by atoms with Gasteiger partial charge in [0.15, 0.2) is 5.78 Å². The smallest absolute Gasteiger partial charge is 0.335 e. The van der Waals surface area contributed by atoms with E-state index in [2.05, 4.69) is 41.2 Å². The summed E-state index contributed by atoms with van der Waals surface area (Å²) in [5, 5.41) is 8.98. The molecule has 2 aliphatic heterocycles. The average Bonchev–Trinajstić information content (AvgIpc) is 3.95. The fourth-order valence-electron chi connectivity index (χ4n) is 7.88. The molecule has 61 heavy (non-hydrogen) atoms. The number of hydrogen-bond acceptors (Lipinski definition) is 7. The van der Waals surface area contributed by atoms with Crippen LogP contribution in [0, 0.1) is 13.8 Å². The number of ketones is 1. The van der Waals surface area contributed by atoms with Gasteiger partial charge in [-0.1, -0.05) is 62.4 Å². The van der Waals surface area contributed by atoms with E-state index < -0.39 is 5.97 Å². The van der Waals surface area contributed by atoms with Gasteiger partial charge >= 0.3 is 5.97 Å². The maximum Gasteiger partial charge on any atom is 0.335 e. The first kappa shape index (κ1) is 43.8. The summed E-state index contributed by atoms with van der Waals surface area (Å²) in [4.78, 5) is 59.5. The topological polar surface area (TPSA) is 147 Å². The Bertz CT molecular complexity index is 2490. The summed E-state index contributed by atoms with van der Waals surface area (Å²) in [5.41, 5.74) is 19.5. The number of rotatable bonds is 10. The van der Waals surface area contributed by atoms with E-state index in [0.29, 0.717) is 32.2 Å². The summed E-state index contributed by atoms with van der Waals surface area (Å²) < 4.78 is 0. The van der Waals surface area contributed by atoms with Gasteiger partial charge in [0.05, 0.1) is 5.56 Å². The van der Waals surface area contributed by atoms with E-state index in [-0.39, 0.29) is 23.2 Å². The molecule has 0 fully saturated rings. The van der Waals surface area contributed by atoms with Crippen LogP contribution in [-0.4, -0.2) is 51.7 Å². The fourth-order valence-corrected chi connectivity index (χ4v) is 7.88. The number of aromatic carboxylic acids is 1. The van der Waals surface area contributed by atoms with E-state index in [1.165, 1.54) is 11.1 Å². The number of carboxylic acid groups (broad SMARTS) is 1. The summed E-state index contributed by atoms with van der Waals surface area (Å²) in [7, 11) is 0. The molecule has 10 heteroatoms. The Morgan fingerprint density at radius 2 is 1.08 bits per heavy atom. The highest BCUT2D eigenvalue weighted by Crippen LogP contribution is 2.37. The molecule has 0 saturated heterocycles. The number of aromatic nitrogens is 2. The van der Waals surface area contributed by atoms with Crippen LogP contribution >= 0.6 is 0 Å². The van der Waals surface area contributed by atoms with Crippen molar-refractivity contribution >= 4 is 34.9 Å². The predicted molar refractivity (Wildman–Crippen MR) is 242 cm³/mol. The van der Waals surface area contributed by atoms with Gasteiger partial charge < -0.3 is 20.6 Å². The first-order valence-corrected chi connectivity index (χ1v) is 20.8. The van der Waals surface area contributed by atoms with E-state index in [9.17, 15) is 19.2 Å². The number of nitrogens with zero attached hydrogens (tertiary/aromatic N) is 4. The third-order valence-electron chi connectivity index (χ3n) is 11.0. The number of carboxylic acids is 1. The van der Waals surface area contributed by atoms with Gasteiger partial charge in [0.1, 0.15) is 0 Å². The normalized spacial score (nSPS) is 12.3. The fraction of sp³-hybridized carbons (Fsp3) is 0.255. The molecule has 0 radical (unpaired) electrons. The zero-order chi connectivity index (χ0) is 43.5. The highest BCUT2D eigenvalue weighted by molar-refractivity contribution is 5.98. The third-order valence-corrected chi connectivity index (χ3v) is 11.0. The van der Waals surface area contributed by atoms with Crippen LogP contribution in [0.4, 0.5) is 11.4 Å². The van der Waals surface area contributed by atoms with Gasteiger partial charge in [-0.25, -0.2) is 4.79 Å². The lowest BCUT2D eigenvalue weighted by Gasteiger charge is -2.19. The quantitative estimate of drug-likeness (QED) is 0.130. The molecule has 0 bridgehead atoms. The van der Waals surface area contributed by atoms with Crippen LogP contribution in [-0.2, 0) is 35.4 Å². The second-order valence-electron chi connectivity index (χ2n) is 15.2. The van der Waals surface area contributed by atoms with Crippen LogP contribution in [0.1, 0.15) is 87.2 Å². The Labute approximate surface area is 358 Å². The van der Waals surface area contributed by atoms with Gasteiger partial charge in [0.2, 0.25) is 11.8 Å². The molecule has 0 atom stereocenters. The van der Waals surface area contributed by atoms with E-state index >= 15 is 0 Å². The minimum absolute atomic E-state index is 0.143. The van der Waals surface area contributed by atoms with Crippen molar-refractivity contribution in [2.75, 3.05) is 22.9 Å². The molecular formula is C51H53N5O5. The van der Waals surface area contributed by atoms with Crippen LogP contribution in [0.2, 0.25) is 0 Å². The van der Waals surface area contributed by atoms with Crippen molar-refractivity contribution in [2.45, 2.75) is 72.8 Å². The number of carbonyl (C=O) groups is 4. The van der Waals surface area contributed by atoms with Gasteiger partial charge in [-0.2, -0.15) is 0 Å². The number of Topliss-reactive ketones (excluding diaryl/α,β-unsaturated/α-hetero) is 1. The lowest BCUT2D eigenvalue weighted by Crippen LogP contribution is -2.28. The molecule has 0 saturated carbocycles. The predicted octanol–water partition coefficient (Wildman–Crippen LogP) is 9.37. The molecule has 10 nitrogen and oxygen atoms in total. The molecule has 0 aliphatic carbocycles. The molecule has 3 N–H and O–H groups in total. The van der Waals surface area contributed by atoms with Gasteiger partial charge in [-0.15, -0.1) is 0 Å². The second kappa shape index (κ2) is 20.5. The highest BCUT2D eigenvalue weighted by Gasteiger charge is 2.27. The van der Waals surface area contributed by atoms with Crippen molar-refractivity contribution in [3.05, 3.63) is 166 Å². The Morgan fingerprint density at radius 3 is 1.48 bits per heavy atom. The van der Waals surface area contributed by atoms with Gasteiger partial charge in [-0.3, -0.25) is 24.4 Å².